The molecule has 2 heterocycles. The minimum absolute atomic E-state index is 0.138. The monoisotopic (exact) mass is 208 g/mol. The first kappa shape index (κ1) is 10.2. The molecule has 5 heteroatoms. The minimum atomic E-state index is 0.138. The molecule has 0 bridgehead atoms. The van der Waals surface area contributed by atoms with Crippen molar-refractivity contribution in [2.24, 2.45) is 7.05 Å². The molecule has 0 fully saturated rings. The predicted octanol–water partition coefficient (Wildman–Crippen LogP) is 0.619. The molecular weight excluding hydrogens is 192 g/mol. The Morgan fingerprint density at radius 2 is 2.60 bits per heavy atom. The van der Waals surface area contributed by atoms with Crippen LogP contribution in [0.1, 0.15) is 24.2 Å². The highest BCUT2D eigenvalue weighted by Gasteiger charge is 2.23. The van der Waals surface area contributed by atoms with Gasteiger partial charge in [-0.25, -0.2) is 0 Å². The Kier molecular flexibility index (Phi) is 2.75. The van der Waals surface area contributed by atoms with Gasteiger partial charge in [0.25, 0.3) is 0 Å². The first-order valence-corrected chi connectivity index (χ1v) is 4.98. The van der Waals surface area contributed by atoms with E-state index >= 15 is 0 Å². The molecule has 0 saturated carbocycles. The molecule has 0 aliphatic carbocycles. The Morgan fingerprint density at radius 3 is 3.33 bits per heavy atom. The molecule has 2 rings (SSSR count). The largest absolute Gasteiger partial charge is 0.414 e. The average Bonchev–Trinajstić information content (AvgIpc) is 2.58. The van der Waals surface area contributed by atoms with Gasteiger partial charge in [0.2, 0.25) is 0 Å². The smallest absolute Gasteiger partial charge is 0.114 e. The molecule has 0 aromatic carbocycles. The van der Waals surface area contributed by atoms with Gasteiger partial charge in [-0.05, 0) is 6.92 Å². The molecule has 1 aliphatic heterocycles. The molecule has 82 valence electrons. The molecule has 1 aliphatic rings. The summed E-state index contributed by atoms with van der Waals surface area (Å²) in [6.07, 6.45) is 1.88. The van der Waals surface area contributed by atoms with Gasteiger partial charge in [-0.2, -0.15) is 5.10 Å². The summed E-state index contributed by atoms with van der Waals surface area (Å²) in [7, 11) is 1.95. The van der Waals surface area contributed by atoms with Gasteiger partial charge in [0.15, 0.2) is 0 Å². The van der Waals surface area contributed by atoms with E-state index in [1.807, 2.05) is 24.9 Å². The number of rotatable bonds is 3. The standard InChI is InChI=1S/C10H16N4O/c1-7(2)15-13-9-5-11-6-10-8(9)4-12-14(10)3/h4,9,11,13H,1,5-6H2,2-3H3. The molecule has 0 spiro atoms. The second-order valence-electron chi connectivity index (χ2n) is 3.78. The van der Waals surface area contributed by atoms with Crippen molar-refractivity contribution in [3.63, 3.8) is 0 Å². The fourth-order valence-corrected chi connectivity index (χ4v) is 1.71. The third kappa shape index (κ3) is 2.03. The fourth-order valence-electron chi connectivity index (χ4n) is 1.71. The van der Waals surface area contributed by atoms with E-state index in [1.54, 1.807) is 0 Å². The zero-order valence-corrected chi connectivity index (χ0v) is 9.08. The Labute approximate surface area is 89.1 Å². The highest BCUT2D eigenvalue weighted by Crippen LogP contribution is 2.21. The number of nitrogens with zero attached hydrogens (tertiary/aromatic N) is 2. The lowest BCUT2D eigenvalue weighted by molar-refractivity contribution is 0.0724. The molecule has 1 atom stereocenters. The number of hydrogen-bond donors (Lipinski definition) is 2. The molecule has 0 radical (unpaired) electrons. The molecule has 2 N–H and O–H groups in total. The lowest BCUT2D eigenvalue weighted by Crippen LogP contribution is -2.36. The number of aromatic nitrogens is 2. The molecular formula is C10H16N4O. The maximum atomic E-state index is 5.23. The van der Waals surface area contributed by atoms with Crippen molar-refractivity contribution in [3.05, 3.63) is 29.8 Å². The lowest BCUT2D eigenvalue weighted by atomic mass is 10.1. The van der Waals surface area contributed by atoms with Crippen LogP contribution in [0.2, 0.25) is 0 Å². The van der Waals surface area contributed by atoms with Crippen LogP contribution >= 0.6 is 0 Å². The molecule has 1 aromatic rings. The van der Waals surface area contributed by atoms with Crippen LogP contribution in [0.25, 0.3) is 0 Å². The predicted molar refractivity (Wildman–Crippen MR) is 56.7 cm³/mol. The Bertz CT molecular complexity index is 371. The van der Waals surface area contributed by atoms with E-state index in [0.717, 1.165) is 13.1 Å². The number of hydroxylamine groups is 1. The highest BCUT2D eigenvalue weighted by atomic mass is 16.6. The topological polar surface area (TPSA) is 51.1 Å². The first-order valence-electron chi connectivity index (χ1n) is 4.98. The van der Waals surface area contributed by atoms with E-state index in [4.69, 9.17) is 4.84 Å². The molecule has 0 saturated heterocycles. The van der Waals surface area contributed by atoms with Crippen molar-refractivity contribution in [2.75, 3.05) is 6.54 Å². The van der Waals surface area contributed by atoms with Gasteiger partial charge in [0.1, 0.15) is 5.76 Å². The van der Waals surface area contributed by atoms with Gasteiger partial charge in [-0.1, -0.05) is 6.58 Å². The minimum Gasteiger partial charge on any atom is -0.414 e. The molecule has 1 unspecified atom stereocenters. The molecule has 0 amide bonds. The summed E-state index contributed by atoms with van der Waals surface area (Å²) in [6.45, 7) is 7.19. The van der Waals surface area contributed by atoms with Gasteiger partial charge < -0.3 is 10.2 Å². The van der Waals surface area contributed by atoms with Crippen molar-refractivity contribution in [1.82, 2.24) is 20.6 Å². The summed E-state index contributed by atoms with van der Waals surface area (Å²) < 4.78 is 1.89. The van der Waals surface area contributed by atoms with Gasteiger partial charge >= 0.3 is 0 Å². The summed E-state index contributed by atoms with van der Waals surface area (Å²) in [5, 5.41) is 7.54. The number of fused-ring (bicyclic) bond motifs is 1. The quantitative estimate of drug-likeness (QED) is 0.565. The maximum Gasteiger partial charge on any atom is 0.114 e. The van der Waals surface area contributed by atoms with Crippen LogP contribution in [0.5, 0.6) is 0 Å². The Balaban J connectivity index is 2.12. The van der Waals surface area contributed by atoms with Crippen molar-refractivity contribution >= 4 is 0 Å². The number of aryl methyl sites for hydroxylation is 1. The molecule has 15 heavy (non-hydrogen) atoms. The van der Waals surface area contributed by atoms with Gasteiger partial charge in [-0.3, -0.25) is 4.68 Å². The number of nitrogens with one attached hydrogen (secondary N) is 2. The first-order chi connectivity index (χ1) is 7.18. The second-order valence-corrected chi connectivity index (χ2v) is 3.78. The molecule has 1 aromatic heterocycles. The Hall–Kier alpha value is -1.33. The van der Waals surface area contributed by atoms with Crippen molar-refractivity contribution in [1.29, 1.82) is 0 Å². The second kappa shape index (κ2) is 4.04. The van der Waals surface area contributed by atoms with Gasteiger partial charge in [0, 0.05) is 25.7 Å². The van der Waals surface area contributed by atoms with Crippen LogP contribution < -0.4 is 10.8 Å². The van der Waals surface area contributed by atoms with Gasteiger partial charge in [0.05, 0.1) is 17.9 Å². The van der Waals surface area contributed by atoms with Crippen LogP contribution in [0.3, 0.4) is 0 Å². The van der Waals surface area contributed by atoms with Crippen LogP contribution in [0.15, 0.2) is 18.5 Å². The van der Waals surface area contributed by atoms with E-state index in [-0.39, 0.29) is 6.04 Å². The van der Waals surface area contributed by atoms with E-state index in [1.165, 1.54) is 11.3 Å². The van der Waals surface area contributed by atoms with Crippen molar-refractivity contribution < 1.29 is 4.84 Å². The normalized spacial score (nSPS) is 19.7. The van der Waals surface area contributed by atoms with Crippen molar-refractivity contribution in [2.45, 2.75) is 19.5 Å². The zero-order chi connectivity index (χ0) is 10.8. The van der Waals surface area contributed by atoms with Gasteiger partial charge in [-0.15, -0.1) is 5.48 Å². The van der Waals surface area contributed by atoms with E-state index < -0.39 is 0 Å². The SMILES string of the molecule is C=C(C)ONC1CNCc2c1cnn2C. The summed E-state index contributed by atoms with van der Waals surface area (Å²) in [5.74, 6) is 0.658. The van der Waals surface area contributed by atoms with E-state index in [9.17, 15) is 0 Å². The van der Waals surface area contributed by atoms with Crippen molar-refractivity contribution in [3.8, 4) is 0 Å². The van der Waals surface area contributed by atoms with Crippen LogP contribution in [0.4, 0.5) is 0 Å². The lowest BCUT2D eigenvalue weighted by Gasteiger charge is -2.24. The summed E-state index contributed by atoms with van der Waals surface area (Å²) in [5.41, 5.74) is 5.37. The Morgan fingerprint density at radius 1 is 1.80 bits per heavy atom. The molecule has 5 nitrogen and oxygen atoms in total. The third-order valence-corrected chi connectivity index (χ3v) is 2.49. The average molecular weight is 208 g/mol. The summed E-state index contributed by atoms with van der Waals surface area (Å²) >= 11 is 0. The van der Waals surface area contributed by atoms with E-state index in [0.29, 0.717) is 5.76 Å². The number of hydrogen-bond acceptors (Lipinski definition) is 4. The summed E-state index contributed by atoms with van der Waals surface area (Å²) in [4.78, 5) is 5.23. The van der Waals surface area contributed by atoms with Crippen LogP contribution in [-0.2, 0) is 18.4 Å². The third-order valence-electron chi connectivity index (χ3n) is 2.49. The highest BCUT2D eigenvalue weighted by molar-refractivity contribution is 5.24. The summed E-state index contributed by atoms with van der Waals surface area (Å²) in [6, 6.07) is 0.138. The maximum absolute atomic E-state index is 5.23. The fraction of sp³-hybridized carbons (Fsp3) is 0.500. The van der Waals surface area contributed by atoms with Crippen LogP contribution in [-0.4, -0.2) is 16.3 Å². The van der Waals surface area contributed by atoms with Crippen LogP contribution in [0, 0.1) is 0 Å². The van der Waals surface area contributed by atoms with E-state index in [2.05, 4.69) is 22.5 Å². The number of allylic oxidation sites excluding steroid dienone is 1. The zero-order valence-electron chi connectivity index (χ0n) is 9.08.